The number of hydrogen-bond acceptors (Lipinski definition) is 5. The Labute approximate surface area is 96.9 Å². The molecular weight excluding hydrogens is 222 g/mol. The minimum atomic E-state index is -1.12. The molecule has 0 bridgehead atoms. The summed E-state index contributed by atoms with van der Waals surface area (Å²) in [5.74, 6) is -1.12. The fourth-order valence-corrected chi connectivity index (χ4v) is 1.49. The Morgan fingerprint density at radius 3 is 2.94 bits per heavy atom. The first-order chi connectivity index (χ1) is 8.22. The molecule has 0 atom stereocenters. The van der Waals surface area contributed by atoms with Crippen LogP contribution in [-0.4, -0.2) is 31.1 Å². The van der Waals surface area contributed by atoms with Crippen LogP contribution >= 0.6 is 0 Å². The Kier molecular flexibility index (Phi) is 3.10. The second-order valence-electron chi connectivity index (χ2n) is 3.41. The molecule has 0 fully saturated rings. The van der Waals surface area contributed by atoms with Crippen LogP contribution in [0.3, 0.4) is 0 Å². The van der Waals surface area contributed by atoms with Crippen molar-refractivity contribution in [2.45, 2.75) is 13.1 Å². The van der Waals surface area contributed by atoms with Crippen LogP contribution in [0.5, 0.6) is 0 Å². The minimum absolute atomic E-state index is 0.0783. The van der Waals surface area contributed by atoms with E-state index in [9.17, 15) is 4.79 Å². The molecule has 88 valence electrons. The van der Waals surface area contributed by atoms with Gasteiger partial charge in [0.15, 0.2) is 5.69 Å². The molecule has 7 heteroatoms. The smallest absolute Gasteiger partial charge is 0.358 e. The zero-order valence-corrected chi connectivity index (χ0v) is 8.95. The molecule has 0 aliphatic rings. The number of aromatic nitrogens is 4. The maximum absolute atomic E-state index is 10.9. The molecule has 3 N–H and O–H groups in total. The second kappa shape index (κ2) is 4.71. The van der Waals surface area contributed by atoms with Crippen LogP contribution < -0.4 is 5.73 Å². The highest BCUT2D eigenvalue weighted by molar-refractivity contribution is 5.86. The summed E-state index contributed by atoms with van der Waals surface area (Å²) in [5, 5.41) is 16.3. The average Bonchev–Trinajstić information content (AvgIpc) is 2.73. The van der Waals surface area contributed by atoms with Crippen LogP contribution in [0.15, 0.2) is 24.5 Å². The summed E-state index contributed by atoms with van der Waals surface area (Å²) in [6, 6.07) is 3.67. The van der Waals surface area contributed by atoms with Gasteiger partial charge >= 0.3 is 5.97 Å². The largest absolute Gasteiger partial charge is 0.476 e. The molecule has 0 amide bonds. The molecule has 7 nitrogen and oxygen atoms in total. The molecule has 0 aliphatic heterocycles. The van der Waals surface area contributed by atoms with Crippen LogP contribution in [0, 0.1) is 0 Å². The van der Waals surface area contributed by atoms with E-state index in [0.29, 0.717) is 12.2 Å². The van der Waals surface area contributed by atoms with E-state index >= 15 is 0 Å². The van der Waals surface area contributed by atoms with Gasteiger partial charge in [0.2, 0.25) is 0 Å². The molecular formula is C10H11N5O2. The van der Waals surface area contributed by atoms with Crippen LogP contribution in [0.2, 0.25) is 0 Å². The van der Waals surface area contributed by atoms with Crippen LogP contribution in [0.1, 0.15) is 21.7 Å². The summed E-state index contributed by atoms with van der Waals surface area (Å²) in [4.78, 5) is 14.8. The van der Waals surface area contributed by atoms with E-state index in [1.54, 1.807) is 18.5 Å². The van der Waals surface area contributed by atoms with Gasteiger partial charge in [0.1, 0.15) is 0 Å². The first-order valence-electron chi connectivity index (χ1n) is 4.97. The van der Waals surface area contributed by atoms with Crippen LogP contribution in [-0.2, 0) is 13.1 Å². The lowest BCUT2D eigenvalue weighted by Gasteiger charge is -2.04. The molecule has 0 aliphatic carbocycles. The molecule has 0 radical (unpaired) electrons. The van der Waals surface area contributed by atoms with Gasteiger partial charge in [0, 0.05) is 18.9 Å². The topological polar surface area (TPSA) is 107 Å². The maximum atomic E-state index is 10.9. The van der Waals surface area contributed by atoms with Crippen molar-refractivity contribution in [3.05, 3.63) is 41.5 Å². The lowest BCUT2D eigenvalue weighted by Crippen LogP contribution is -2.13. The number of carboxylic acids is 1. The molecule has 2 heterocycles. The zero-order chi connectivity index (χ0) is 12.3. The molecule has 0 unspecified atom stereocenters. The van der Waals surface area contributed by atoms with E-state index in [1.807, 2.05) is 6.07 Å². The Hall–Kier alpha value is -2.28. The zero-order valence-electron chi connectivity index (χ0n) is 8.95. The number of carboxylic acid groups (broad SMARTS) is 1. The molecule has 0 saturated heterocycles. The number of nitrogens with two attached hydrogens (primary N) is 1. The van der Waals surface area contributed by atoms with Gasteiger partial charge in [-0.05, 0) is 11.6 Å². The molecule has 2 aromatic heterocycles. The summed E-state index contributed by atoms with van der Waals surface area (Å²) in [6.07, 6.45) is 3.35. The first kappa shape index (κ1) is 11.2. The molecule has 17 heavy (non-hydrogen) atoms. The fourth-order valence-electron chi connectivity index (χ4n) is 1.49. The number of carbonyl (C=O) groups is 1. The van der Waals surface area contributed by atoms with Crippen molar-refractivity contribution in [1.82, 2.24) is 20.0 Å². The summed E-state index contributed by atoms with van der Waals surface area (Å²) in [6.45, 7) is 0.482. The Balaban J connectivity index is 2.31. The third-order valence-corrected chi connectivity index (χ3v) is 2.29. The van der Waals surface area contributed by atoms with Crippen molar-refractivity contribution in [2.75, 3.05) is 0 Å². The molecule has 0 saturated carbocycles. The van der Waals surface area contributed by atoms with Crippen LogP contribution in [0.25, 0.3) is 0 Å². The van der Waals surface area contributed by atoms with Gasteiger partial charge in [-0.15, -0.1) is 5.10 Å². The molecule has 2 aromatic rings. The van der Waals surface area contributed by atoms with E-state index in [1.165, 1.54) is 4.68 Å². The lowest BCUT2D eigenvalue weighted by molar-refractivity contribution is 0.0689. The Morgan fingerprint density at radius 1 is 1.53 bits per heavy atom. The first-order valence-corrected chi connectivity index (χ1v) is 4.97. The summed E-state index contributed by atoms with van der Waals surface area (Å²) in [7, 11) is 0. The van der Waals surface area contributed by atoms with Crippen molar-refractivity contribution in [3.8, 4) is 0 Å². The lowest BCUT2D eigenvalue weighted by atomic mass is 10.2. The van der Waals surface area contributed by atoms with Gasteiger partial charge in [-0.25, -0.2) is 9.48 Å². The molecule has 0 spiro atoms. The van der Waals surface area contributed by atoms with Crippen molar-refractivity contribution >= 4 is 5.97 Å². The van der Waals surface area contributed by atoms with Crippen molar-refractivity contribution in [3.63, 3.8) is 0 Å². The van der Waals surface area contributed by atoms with Gasteiger partial charge in [-0.3, -0.25) is 4.98 Å². The van der Waals surface area contributed by atoms with Crippen molar-refractivity contribution < 1.29 is 9.90 Å². The minimum Gasteiger partial charge on any atom is -0.476 e. The number of hydrogen-bond donors (Lipinski definition) is 2. The summed E-state index contributed by atoms with van der Waals surface area (Å²) >= 11 is 0. The third kappa shape index (κ3) is 2.28. The Bertz CT molecular complexity index is 523. The molecule has 2 rings (SSSR count). The van der Waals surface area contributed by atoms with Gasteiger partial charge in [0.25, 0.3) is 0 Å². The second-order valence-corrected chi connectivity index (χ2v) is 3.41. The summed E-state index contributed by atoms with van der Waals surface area (Å²) in [5.41, 5.74) is 6.72. The third-order valence-electron chi connectivity index (χ3n) is 2.29. The van der Waals surface area contributed by atoms with Crippen LogP contribution in [0.4, 0.5) is 0 Å². The van der Waals surface area contributed by atoms with Gasteiger partial charge in [-0.2, -0.15) is 0 Å². The SMILES string of the molecule is NCc1c(C(=O)O)nnn1Cc1cccnc1. The van der Waals surface area contributed by atoms with Crippen molar-refractivity contribution in [2.24, 2.45) is 5.73 Å². The Morgan fingerprint density at radius 2 is 2.35 bits per heavy atom. The number of pyridine rings is 1. The van der Waals surface area contributed by atoms with Gasteiger partial charge in [-0.1, -0.05) is 11.3 Å². The normalized spacial score (nSPS) is 10.4. The van der Waals surface area contributed by atoms with E-state index in [-0.39, 0.29) is 12.2 Å². The number of nitrogens with zero attached hydrogens (tertiary/aromatic N) is 4. The predicted octanol–water partition coefficient (Wildman–Crippen LogP) is -0.122. The monoisotopic (exact) mass is 233 g/mol. The molecule has 0 aromatic carbocycles. The van der Waals surface area contributed by atoms with Gasteiger partial charge in [0.05, 0.1) is 12.2 Å². The van der Waals surface area contributed by atoms with E-state index in [2.05, 4.69) is 15.3 Å². The highest BCUT2D eigenvalue weighted by atomic mass is 16.4. The fraction of sp³-hybridized carbons (Fsp3) is 0.200. The number of aromatic carboxylic acids is 1. The maximum Gasteiger partial charge on any atom is 0.358 e. The van der Waals surface area contributed by atoms with Gasteiger partial charge < -0.3 is 10.8 Å². The highest BCUT2D eigenvalue weighted by Gasteiger charge is 2.17. The predicted molar refractivity (Wildman–Crippen MR) is 58.2 cm³/mol. The quantitative estimate of drug-likeness (QED) is 0.762. The standard InChI is InChI=1S/C10H11N5O2/c11-4-8-9(10(16)17)13-14-15(8)6-7-2-1-3-12-5-7/h1-3,5H,4,6,11H2,(H,16,17). The van der Waals surface area contributed by atoms with E-state index in [4.69, 9.17) is 10.8 Å². The summed E-state index contributed by atoms with van der Waals surface area (Å²) < 4.78 is 1.47. The average molecular weight is 233 g/mol. The highest BCUT2D eigenvalue weighted by Crippen LogP contribution is 2.07. The van der Waals surface area contributed by atoms with E-state index < -0.39 is 5.97 Å². The number of rotatable bonds is 4. The van der Waals surface area contributed by atoms with E-state index in [0.717, 1.165) is 5.56 Å². The van der Waals surface area contributed by atoms with Crippen molar-refractivity contribution in [1.29, 1.82) is 0 Å².